The predicted molar refractivity (Wildman–Crippen MR) is 67.9 cm³/mol. The van der Waals surface area contributed by atoms with Gasteiger partial charge < -0.3 is 14.5 Å². The van der Waals surface area contributed by atoms with Crippen LogP contribution in [0.25, 0.3) is 10.9 Å². The summed E-state index contributed by atoms with van der Waals surface area (Å²) in [5, 5.41) is 1.16. The Morgan fingerprint density at radius 1 is 1.35 bits per heavy atom. The quantitative estimate of drug-likeness (QED) is 0.686. The van der Waals surface area contributed by atoms with Crippen LogP contribution in [0.3, 0.4) is 0 Å². The van der Waals surface area contributed by atoms with Crippen LogP contribution in [0.5, 0.6) is 5.75 Å². The summed E-state index contributed by atoms with van der Waals surface area (Å²) in [7, 11) is 2.11. The summed E-state index contributed by atoms with van der Waals surface area (Å²) >= 11 is 0. The highest BCUT2D eigenvalue weighted by molar-refractivity contribution is 6.04. The van der Waals surface area contributed by atoms with Crippen LogP contribution in [0, 0.1) is 0 Å². The van der Waals surface area contributed by atoms with E-state index in [0.29, 0.717) is 0 Å². The molecule has 3 heterocycles. The Morgan fingerprint density at radius 2 is 2.29 bits per heavy atom. The molecule has 1 aromatic carbocycles. The summed E-state index contributed by atoms with van der Waals surface area (Å²) in [5.74, 6) is 0.963. The number of hydrogen-bond acceptors (Lipinski definition) is 4. The SMILES string of the molecule is CN1CN2CCOc3cccc4ncc1c2c34. The van der Waals surface area contributed by atoms with E-state index in [9.17, 15) is 0 Å². The van der Waals surface area contributed by atoms with Crippen molar-refractivity contribution in [3.05, 3.63) is 24.4 Å². The lowest BCUT2D eigenvalue weighted by Gasteiger charge is -2.16. The van der Waals surface area contributed by atoms with Crippen molar-refractivity contribution in [2.24, 2.45) is 0 Å². The molecule has 4 heteroatoms. The Kier molecular flexibility index (Phi) is 1.62. The minimum absolute atomic E-state index is 0.737. The zero-order valence-electron chi connectivity index (χ0n) is 9.68. The first-order chi connectivity index (χ1) is 8.34. The number of pyridine rings is 1. The lowest BCUT2D eigenvalue weighted by molar-refractivity contribution is 0.332. The monoisotopic (exact) mass is 227 g/mol. The molecular formula is C13H13N3O. The van der Waals surface area contributed by atoms with E-state index in [-0.39, 0.29) is 0 Å². The Morgan fingerprint density at radius 3 is 3.24 bits per heavy atom. The van der Waals surface area contributed by atoms with Crippen molar-refractivity contribution in [1.29, 1.82) is 0 Å². The molecule has 2 aromatic rings. The van der Waals surface area contributed by atoms with Gasteiger partial charge in [-0.3, -0.25) is 4.98 Å². The fourth-order valence-electron chi connectivity index (χ4n) is 2.76. The normalized spacial score (nSPS) is 17.2. The van der Waals surface area contributed by atoms with Gasteiger partial charge in [-0.25, -0.2) is 0 Å². The third kappa shape index (κ3) is 1.10. The van der Waals surface area contributed by atoms with Gasteiger partial charge in [-0.2, -0.15) is 0 Å². The molecule has 0 radical (unpaired) electrons. The summed E-state index contributed by atoms with van der Waals surface area (Å²) < 4.78 is 5.81. The minimum Gasteiger partial charge on any atom is -0.491 e. The van der Waals surface area contributed by atoms with Crippen LogP contribution in [0.4, 0.5) is 11.4 Å². The fraction of sp³-hybridized carbons (Fsp3) is 0.308. The van der Waals surface area contributed by atoms with E-state index in [2.05, 4.69) is 21.8 Å². The van der Waals surface area contributed by atoms with Gasteiger partial charge in [0.25, 0.3) is 0 Å². The number of aromatic nitrogens is 1. The minimum atomic E-state index is 0.737. The number of hydrogen-bond donors (Lipinski definition) is 0. The van der Waals surface area contributed by atoms with Crippen molar-refractivity contribution in [2.75, 3.05) is 36.7 Å². The first kappa shape index (κ1) is 9.10. The maximum Gasteiger partial charge on any atom is 0.130 e. The lowest BCUT2D eigenvalue weighted by Crippen LogP contribution is -2.30. The Bertz CT molecular complexity index is 611. The molecule has 2 aliphatic heterocycles. The Hall–Kier alpha value is -1.97. The summed E-state index contributed by atoms with van der Waals surface area (Å²) in [4.78, 5) is 9.14. The molecule has 4 rings (SSSR count). The van der Waals surface area contributed by atoms with Crippen LogP contribution in [0.2, 0.25) is 0 Å². The molecule has 17 heavy (non-hydrogen) atoms. The smallest absolute Gasteiger partial charge is 0.130 e. The first-order valence-corrected chi connectivity index (χ1v) is 5.85. The zero-order chi connectivity index (χ0) is 11.4. The van der Waals surface area contributed by atoms with E-state index < -0.39 is 0 Å². The van der Waals surface area contributed by atoms with Gasteiger partial charge in [0, 0.05) is 7.05 Å². The number of benzene rings is 1. The van der Waals surface area contributed by atoms with Crippen LogP contribution in [0.15, 0.2) is 24.4 Å². The fourth-order valence-corrected chi connectivity index (χ4v) is 2.76. The molecule has 0 N–H and O–H groups in total. The van der Waals surface area contributed by atoms with Crippen LogP contribution in [0.1, 0.15) is 0 Å². The second kappa shape index (κ2) is 3.03. The van der Waals surface area contributed by atoms with Gasteiger partial charge in [-0.15, -0.1) is 0 Å². The molecule has 0 amide bonds. The molecule has 0 spiro atoms. The number of rotatable bonds is 0. The van der Waals surface area contributed by atoms with E-state index in [4.69, 9.17) is 4.74 Å². The third-order valence-electron chi connectivity index (χ3n) is 3.54. The molecule has 0 bridgehead atoms. The third-order valence-corrected chi connectivity index (χ3v) is 3.54. The average Bonchev–Trinajstić information content (AvgIpc) is 2.55. The number of ether oxygens (including phenoxy) is 1. The van der Waals surface area contributed by atoms with Crippen molar-refractivity contribution in [3.8, 4) is 5.75 Å². The molecule has 0 fully saturated rings. The summed E-state index contributed by atoms with van der Waals surface area (Å²) in [5.41, 5.74) is 3.50. The van der Waals surface area contributed by atoms with Gasteiger partial charge in [-0.1, -0.05) is 6.07 Å². The van der Waals surface area contributed by atoms with E-state index in [1.807, 2.05) is 24.4 Å². The molecule has 1 aromatic heterocycles. The van der Waals surface area contributed by atoms with Crippen molar-refractivity contribution in [2.45, 2.75) is 0 Å². The molecule has 0 saturated carbocycles. The standard InChI is InChI=1S/C13H13N3O/c1-15-8-16-5-6-17-11-4-2-3-9-12(11)13(16)10(15)7-14-9/h2-4,7H,5-6,8H2,1H3. The molecular weight excluding hydrogens is 214 g/mol. The lowest BCUT2D eigenvalue weighted by atomic mass is 10.1. The number of anilines is 2. The zero-order valence-corrected chi connectivity index (χ0v) is 9.68. The van der Waals surface area contributed by atoms with Crippen LogP contribution in [-0.4, -0.2) is 31.9 Å². The van der Waals surface area contributed by atoms with Gasteiger partial charge in [0.15, 0.2) is 0 Å². The molecule has 0 unspecified atom stereocenters. The maximum atomic E-state index is 5.81. The Labute approximate surface area is 99.4 Å². The van der Waals surface area contributed by atoms with Gasteiger partial charge in [-0.05, 0) is 12.1 Å². The number of nitrogens with zero attached hydrogens (tertiary/aromatic N) is 3. The second-order valence-electron chi connectivity index (χ2n) is 4.59. The highest BCUT2D eigenvalue weighted by atomic mass is 16.5. The molecule has 86 valence electrons. The van der Waals surface area contributed by atoms with Gasteiger partial charge in [0.05, 0.1) is 41.7 Å². The predicted octanol–water partition coefficient (Wildman–Crippen LogP) is 1.84. The molecule has 4 nitrogen and oxygen atoms in total. The van der Waals surface area contributed by atoms with E-state index in [0.717, 1.165) is 36.5 Å². The highest BCUT2D eigenvalue weighted by Gasteiger charge is 2.29. The van der Waals surface area contributed by atoms with E-state index in [1.54, 1.807) is 0 Å². The first-order valence-electron chi connectivity index (χ1n) is 5.85. The average molecular weight is 227 g/mol. The van der Waals surface area contributed by atoms with Crippen molar-refractivity contribution in [3.63, 3.8) is 0 Å². The largest absolute Gasteiger partial charge is 0.491 e. The van der Waals surface area contributed by atoms with E-state index in [1.165, 1.54) is 11.4 Å². The van der Waals surface area contributed by atoms with Gasteiger partial charge in [0.1, 0.15) is 12.4 Å². The molecule has 0 aliphatic carbocycles. The molecule has 0 saturated heterocycles. The summed E-state index contributed by atoms with van der Waals surface area (Å²) in [6.07, 6.45) is 1.97. The van der Waals surface area contributed by atoms with Crippen LogP contribution in [-0.2, 0) is 0 Å². The summed E-state index contributed by atoms with van der Waals surface area (Å²) in [6, 6.07) is 6.09. The maximum absolute atomic E-state index is 5.81. The van der Waals surface area contributed by atoms with Crippen molar-refractivity contribution >= 4 is 22.3 Å². The van der Waals surface area contributed by atoms with Gasteiger partial charge in [0.2, 0.25) is 0 Å². The van der Waals surface area contributed by atoms with Crippen molar-refractivity contribution < 1.29 is 4.74 Å². The van der Waals surface area contributed by atoms with Gasteiger partial charge >= 0.3 is 0 Å². The topological polar surface area (TPSA) is 28.6 Å². The van der Waals surface area contributed by atoms with Crippen molar-refractivity contribution in [1.82, 2.24) is 4.98 Å². The van der Waals surface area contributed by atoms with Crippen LogP contribution < -0.4 is 14.5 Å². The van der Waals surface area contributed by atoms with Crippen LogP contribution >= 0.6 is 0 Å². The Balaban J connectivity index is 2.16. The molecule has 2 aliphatic rings. The van der Waals surface area contributed by atoms with E-state index >= 15 is 0 Å². The molecule has 0 atom stereocenters. The summed E-state index contributed by atoms with van der Waals surface area (Å²) in [6.45, 7) is 2.60. The second-order valence-corrected chi connectivity index (χ2v) is 4.59. The highest BCUT2D eigenvalue weighted by Crippen LogP contribution is 2.44.